The largest absolute Gasteiger partial charge is 0.508 e. The van der Waals surface area contributed by atoms with Gasteiger partial charge in [0.05, 0.1) is 5.60 Å². The number of nitrogens with one attached hydrogen (secondary N) is 1. The molecular formula is C22H22ClF3N2O4. The van der Waals surface area contributed by atoms with Crippen molar-refractivity contribution in [2.45, 2.75) is 56.8 Å². The number of phenolic OH excluding ortho intramolecular Hbond substituents is 1. The molecule has 1 amide bonds. The minimum Gasteiger partial charge on any atom is -0.508 e. The fraction of sp³-hybridized carbons (Fsp3) is 0.409. The number of pyridine rings is 1. The Bertz CT molecular complexity index is 1060. The zero-order valence-electron chi connectivity index (χ0n) is 17.4. The van der Waals surface area contributed by atoms with Crippen LogP contribution in [0.4, 0.5) is 13.2 Å². The van der Waals surface area contributed by atoms with E-state index in [1.165, 1.54) is 44.3 Å². The predicted molar refractivity (Wildman–Crippen MR) is 110 cm³/mol. The molecule has 1 heterocycles. The molecule has 3 N–H and O–H groups in total. The summed E-state index contributed by atoms with van der Waals surface area (Å²) in [5.74, 6) is -1.45. The Balaban J connectivity index is 1.69. The summed E-state index contributed by atoms with van der Waals surface area (Å²) in [5, 5.41) is 22.4. The molecule has 1 aliphatic carbocycles. The number of rotatable bonds is 7. The standard InChI is InChI=1S/C22H22ClF3N2O4/c1-20(2,32)15-11-16(23)13(10-18(15)30)9-14(29)7-12-3-6-27-17(8-12)19(31)28-21(4-5-21)22(24,25)26/h3,6,8,10-11,30,32H,4-5,7,9H2,1-2H3,(H,28,31). The van der Waals surface area contributed by atoms with Crippen LogP contribution < -0.4 is 5.32 Å². The number of carbonyl (C=O) groups excluding carboxylic acids is 2. The van der Waals surface area contributed by atoms with Crippen LogP contribution in [-0.4, -0.2) is 38.6 Å². The highest BCUT2D eigenvalue weighted by molar-refractivity contribution is 6.31. The van der Waals surface area contributed by atoms with Gasteiger partial charge in [0, 0.05) is 29.6 Å². The van der Waals surface area contributed by atoms with E-state index in [2.05, 4.69) is 4.98 Å². The number of aromatic hydroxyl groups is 1. The second-order valence-electron chi connectivity index (χ2n) is 8.50. The second-order valence-corrected chi connectivity index (χ2v) is 8.90. The van der Waals surface area contributed by atoms with Crippen molar-refractivity contribution in [1.29, 1.82) is 0 Å². The van der Waals surface area contributed by atoms with Gasteiger partial charge in [0.1, 0.15) is 22.8 Å². The van der Waals surface area contributed by atoms with Gasteiger partial charge in [0.2, 0.25) is 0 Å². The summed E-state index contributed by atoms with van der Waals surface area (Å²) >= 11 is 6.20. The van der Waals surface area contributed by atoms with Crippen molar-refractivity contribution in [3.63, 3.8) is 0 Å². The first-order chi connectivity index (χ1) is 14.7. The van der Waals surface area contributed by atoms with Crippen molar-refractivity contribution in [2.75, 3.05) is 0 Å². The van der Waals surface area contributed by atoms with Gasteiger partial charge >= 0.3 is 6.18 Å². The summed E-state index contributed by atoms with van der Waals surface area (Å²) in [6, 6.07) is 5.46. The van der Waals surface area contributed by atoms with Crippen LogP contribution in [-0.2, 0) is 23.2 Å². The Morgan fingerprint density at radius 3 is 2.41 bits per heavy atom. The van der Waals surface area contributed by atoms with Gasteiger partial charge in [-0.25, -0.2) is 0 Å². The third-order valence-corrected chi connectivity index (χ3v) is 5.67. The number of benzene rings is 1. The van der Waals surface area contributed by atoms with Crippen molar-refractivity contribution in [3.05, 3.63) is 57.9 Å². The van der Waals surface area contributed by atoms with E-state index in [4.69, 9.17) is 11.6 Å². The molecule has 0 radical (unpaired) electrons. The number of halogens is 4. The molecule has 0 saturated heterocycles. The first-order valence-electron chi connectivity index (χ1n) is 9.82. The first-order valence-corrected chi connectivity index (χ1v) is 10.2. The predicted octanol–water partition coefficient (Wildman–Crippen LogP) is 3.85. The number of hydrogen-bond donors (Lipinski definition) is 3. The number of phenols is 1. The average molecular weight is 471 g/mol. The number of amides is 1. The Labute approximate surface area is 187 Å². The highest BCUT2D eigenvalue weighted by atomic mass is 35.5. The topological polar surface area (TPSA) is 99.5 Å². The van der Waals surface area contributed by atoms with Gasteiger partial charge in [0.25, 0.3) is 5.91 Å². The fourth-order valence-electron chi connectivity index (χ4n) is 3.33. The van der Waals surface area contributed by atoms with Crippen molar-refractivity contribution < 1.29 is 33.0 Å². The summed E-state index contributed by atoms with van der Waals surface area (Å²) in [7, 11) is 0. The van der Waals surface area contributed by atoms with E-state index in [1.807, 2.05) is 5.32 Å². The zero-order chi connectivity index (χ0) is 23.9. The number of carbonyl (C=O) groups is 2. The Morgan fingerprint density at radius 1 is 1.19 bits per heavy atom. The van der Waals surface area contributed by atoms with Crippen LogP contribution in [0.25, 0.3) is 0 Å². The van der Waals surface area contributed by atoms with Gasteiger partial charge in [0.15, 0.2) is 0 Å². The summed E-state index contributed by atoms with van der Waals surface area (Å²) in [4.78, 5) is 28.6. The molecule has 3 rings (SSSR count). The molecule has 2 aromatic rings. The fourth-order valence-corrected chi connectivity index (χ4v) is 3.56. The van der Waals surface area contributed by atoms with Gasteiger partial charge in [-0.1, -0.05) is 11.6 Å². The molecule has 32 heavy (non-hydrogen) atoms. The average Bonchev–Trinajstić information content (AvgIpc) is 3.44. The molecule has 1 aliphatic rings. The quantitative estimate of drug-likeness (QED) is 0.571. The van der Waals surface area contributed by atoms with Gasteiger partial charge in [-0.15, -0.1) is 0 Å². The molecule has 1 fully saturated rings. The molecule has 172 valence electrons. The molecular weight excluding hydrogens is 449 g/mol. The molecule has 10 heteroatoms. The molecule has 0 bridgehead atoms. The lowest BCUT2D eigenvalue weighted by molar-refractivity contribution is -0.163. The van der Waals surface area contributed by atoms with Crippen LogP contribution in [0.15, 0.2) is 30.5 Å². The SMILES string of the molecule is CC(C)(O)c1cc(Cl)c(CC(=O)Cc2ccnc(C(=O)NC3(C(F)(F)F)CC3)c2)cc1O. The number of hydrogen-bond acceptors (Lipinski definition) is 5. The lowest BCUT2D eigenvalue weighted by Gasteiger charge is -2.20. The molecule has 1 aromatic heterocycles. The molecule has 1 aromatic carbocycles. The lowest BCUT2D eigenvalue weighted by Crippen LogP contribution is -2.48. The number of ketones is 1. The Hall–Kier alpha value is -2.65. The second kappa shape index (κ2) is 8.37. The number of alkyl halides is 3. The van der Waals surface area contributed by atoms with Gasteiger partial charge in [-0.2, -0.15) is 13.2 Å². The molecule has 1 saturated carbocycles. The van der Waals surface area contributed by atoms with E-state index >= 15 is 0 Å². The minimum atomic E-state index is -4.54. The molecule has 0 unspecified atom stereocenters. The Kier molecular flexibility index (Phi) is 6.27. The normalized spacial score (nSPS) is 15.3. The van der Waals surface area contributed by atoms with Crippen molar-refractivity contribution >= 4 is 23.3 Å². The van der Waals surface area contributed by atoms with E-state index in [0.717, 1.165) is 0 Å². The van der Waals surface area contributed by atoms with Gasteiger partial charge in [-0.05, 0) is 62.1 Å². The van der Waals surface area contributed by atoms with Crippen LogP contribution in [0, 0.1) is 0 Å². The number of nitrogens with zero attached hydrogens (tertiary/aromatic N) is 1. The van der Waals surface area contributed by atoms with E-state index in [9.17, 15) is 33.0 Å². The smallest absolute Gasteiger partial charge is 0.411 e. The zero-order valence-corrected chi connectivity index (χ0v) is 18.1. The number of aromatic nitrogens is 1. The first kappa shape index (κ1) is 24.0. The Morgan fingerprint density at radius 2 is 1.84 bits per heavy atom. The summed E-state index contributed by atoms with van der Waals surface area (Å²) < 4.78 is 39.2. The monoisotopic (exact) mass is 470 g/mol. The van der Waals surface area contributed by atoms with E-state index in [1.54, 1.807) is 0 Å². The summed E-state index contributed by atoms with van der Waals surface area (Å²) in [6.45, 7) is 2.97. The van der Waals surface area contributed by atoms with E-state index in [-0.39, 0.29) is 53.5 Å². The highest BCUT2D eigenvalue weighted by Gasteiger charge is 2.64. The van der Waals surface area contributed by atoms with Crippen molar-refractivity contribution in [3.8, 4) is 5.75 Å². The maximum absolute atomic E-state index is 13.1. The molecule has 0 aliphatic heterocycles. The number of Topliss-reactive ketones (excluding diaryl/α,β-unsaturated/α-hetero) is 1. The van der Waals surface area contributed by atoms with Crippen LogP contribution in [0.5, 0.6) is 5.75 Å². The maximum Gasteiger partial charge on any atom is 0.411 e. The molecule has 0 spiro atoms. The molecule has 0 atom stereocenters. The van der Waals surface area contributed by atoms with Crippen LogP contribution in [0.1, 0.15) is 53.9 Å². The lowest BCUT2D eigenvalue weighted by atomic mass is 9.94. The van der Waals surface area contributed by atoms with Crippen LogP contribution in [0.2, 0.25) is 5.02 Å². The van der Waals surface area contributed by atoms with Crippen molar-refractivity contribution in [2.24, 2.45) is 0 Å². The van der Waals surface area contributed by atoms with E-state index < -0.39 is 23.2 Å². The highest BCUT2D eigenvalue weighted by Crippen LogP contribution is 2.49. The third kappa shape index (κ3) is 5.21. The maximum atomic E-state index is 13.1. The van der Waals surface area contributed by atoms with Crippen LogP contribution >= 0.6 is 11.6 Å². The van der Waals surface area contributed by atoms with Gasteiger partial charge < -0.3 is 15.5 Å². The van der Waals surface area contributed by atoms with Crippen molar-refractivity contribution in [1.82, 2.24) is 10.3 Å². The van der Waals surface area contributed by atoms with Crippen LogP contribution in [0.3, 0.4) is 0 Å². The third-order valence-electron chi connectivity index (χ3n) is 5.32. The molecule has 6 nitrogen and oxygen atoms in total. The van der Waals surface area contributed by atoms with Gasteiger partial charge in [-0.3, -0.25) is 14.6 Å². The van der Waals surface area contributed by atoms with E-state index in [0.29, 0.717) is 11.1 Å². The summed E-state index contributed by atoms with van der Waals surface area (Å²) in [5.41, 5.74) is -2.76. The summed E-state index contributed by atoms with van der Waals surface area (Å²) in [6.07, 6.45) is -3.89. The minimum absolute atomic E-state index is 0.114. The number of aliphatic hydroxyl groups is 1.